The average Bonchev–Trinajstić information content (AvgIpc) is 3.25. The lowest BCUT2D eigenvalue weighted by molar-refractivity contribution is -0.140. The first kappa shape index (κ1) is 23.2. The number of aliphatic carboxylic acids is 1. The van der Waals surface area contributed by atoms with Crippen molar-refractivity contribution in [1.82, 2.24) is 9.29 Å². The van der Waals surface area contributed by atoms with Crippen molar-refractivity contribution in [3.05, 3.63) is 64.3 Å². The van der Waals surface area contributed by atoms with Gasteiger partial charge in [-0.15, -0.1) is 0 Å². The Hall–Kier alpha value is -2.97. The zero-order valence-corrected chi connectivity index (χ0v) is 20.1. The number of aromatic nitrogens is 1. The summed E-state index contributed by atoms with van der Waals surface area (Å²) in [5.74, 6) is -0.477. The van der Waals surface area contributed by atoms with Crippen LogP contribution >= 0.6 is 0 Å². The Bertz CT molecular complexity index is 1350. The monoisotopic (exact) mass is 468 g/mol. The Morgan fingerprint density at radius 1 is 1.15 bits per heavy atom. The van der Waals surface area contributed by atoms with Crippen LogP contribution in [0.3, 0.4) is 0 Å². The topological polar surface area (TPSA) is 96.8 Å². The molecule has 3 aromatic rings. The molecule has 1 unspecified atom stereocenters. The number of sulfonamides is 1. The van der Waals surface area contributed by atoms with Gasteiger partial charge < -0.3 is 9.84 Å². The van der Waals surface area contributed by atoms with Gasteiger partial charge in [0, 0.05) is 17.6 Å². The van der Waals surface area contributed by atoms with Crippen molar-refractivity contribution in [3.63, 3.8) is 0 Å². The summed E-state index contributed by atoms with van der Waals surface area (Å²) in [6.45, 7) is 8.02. The predicted molar refractivity (Wildman–Crippen MR) is 126 cm³/mol. The number of carbonyl (C=O) groups is 1. The van der Waals surface area contributed by atoms with E-state index < -0.39 is 22.0 Å². The standard InChI is InChI=1S/C25H28N2O5S/c1-15-10-11-23(33(30,31)27-12-6-8-21(27)25(28)29)18(4)20(15)14-32-22-9-5-7-19-16(2)13-17(3)26-24(19)22/h5,7,9-11,13,21H,6,8,12,14H2,1-4H3,(H,28,29). The van der Waals surface area contributed by atoms with Crippen molar-refractivity contribution in [3.8, 4) is 5.75 Å². The minimum absolute atomic E-state index is 0.127. The van der Waals surface area contributed by atoms with Gasteiger partial charge in [-0.1, -0.05) is 18.2 Å². The predicted octanol–water partition coefficient (Wildman–Crippen LogP) is 4.29. The number of ether oxygens (including phenoxy) is 1. The van der Waals surface area contributed by atoms with Crippen LogP contribution in [0.5, 0.6) is 5.75 Å². The van der Waals surface area contributed by atoms with E-state index in [2.05, 4.69) is 4.98 Å². The number of rotatable bonds is 6. The van der Waals surface area contributed by atoms with Gasteiger partial charge in [-0.25, -0.2) is 13.4 Å². The molecule has 1 aromatic heterocycles. The number of pyridine rings is 1. The molecule has 2 heterocycles. The van der Waals surface area contributed by atoms with Crippen molar-refractivity contribution in [1.29, 1.82) is 0 Å². The summed E-state index contributed by atoms with van der Waals surface area (Å²) in [7, 11) is -3.95. The number of fused-ring (bicyclic) bond motifs is 1. The number of carboxylic acid groups (broad SMARTS) is 1. The Balaban J connectivity index is 1.69. The first-order chi connectivity index (χ1) is 15.6. The van der Waals surface area contributed by atoms with Gasteiger partial charge in [0.2, 0.25) is 10.0 Å². The van der Waals surface area contributed by atoms with Crippen molar-refractivity contribution < 1.29 is 23.1 Å². The zero-order chi connectivity index (χ0) is 23.9. The number of benzene rings is 2. The first-order valence-corrected chi connectivity index (χ1v) is 12.4. The van der Waals surface area contributed by atoms with E-state index in [9.17, 15) is 18.3 Å². The number of nitrogens with zero attached hydrogens (tertiary/aromatic N) is 2. The molecule has 1 aliphatic heterocycles. The molecular weight excluding hydrogens is 440 g/mol. The molecule has 0 bridgehead atoms. The van der Waals surface area contributed by atoms with Crippen LogP contribution in [0.25, 0.3) is 10.9 Å². The third kappa shape index (κ3) is 4.20. The van der Waals surface area contributed by atoms with Gasteiger partial charge in [-0.3, -0.25) is 4.79 Å². The Morgan fingerprint density at radius 2 is 1.91 bits per heavy atom. The fraction of sp³-hybridized carbons (Fsp3) is 0.360. The molecule has 0 spiro atoms. The van der Waals surface area contributed by atoms with Crippen LogP contribution in [-0.4, -0.2) is 41.4 Å². The van der Waals surface area contributed by atoms with Crippen LogP contribution < -0.4 is 4.74 Å². The smallest absolute Gasteiger partial charge is 0.322 e. The maximum absolute atomic E-state index is 13.4. The van der Waals surface area contributed by atoms with Gasteiger partial charge in [-0.2, -0.15) is 4.31 Å². The fourth-order valence-corrected chi connectivity index (χ4v) is 6.50. The van der Waals surface area contributed by atoms with E-state index in [4.69, 9.17) is 4.74 Å². The van der Waals surface area contributed by atoms with Gasteiger partial charge >= 0.3 is 5.97 Å². The molecule has 1 atom stereocenters. The van der Waals surface area contributed by atoms with E-state index in [1.165, 1.54) is 0 Å². The molecule has 0 radical (unpaired) electrons. The molecule has 33 heavy (non-hydrogen) atoms. The third-order valence-corrected chi connectivity index (χ3v) is 8.42. The molecule has 0 aliphatic carbocycles. The van der Waals surface area contributed by atoms with Crippen molar-refractivity contribution >= 4 is 26.9 Å². The summed E-state index contributed by atoms with van der Waals surface area (Å²) in [5, 5.41) is 10.5. The highest BCUT2D eigenvalue weighted by molar-refractivity contribution is 7.89. The second kappa shape index (κ2) is 8.76. The Morgan fingerprint density at radius 3 is 2.64 bits per heavy atom. The molecule has 8 heteroatoms. The molecule has 1 fully saturated rings. The van der Waals surface area contributed by atoms with E-state index in [0.29, 0.717) is 24.2 Å². The molecule has 1 aliphatic rings. The molecule has 7 nitrogen and oxygen atoms in total. The van der Waals surface area contributed by atoms with Crippen molar-refractivity contribution in [2.75, 3.05) is 6.54 Å². The Kier molecular flexibility index (Phi) is 6.16. The summed E-state index contributed by atoms with van der Waals surface area (Å²) in [5.41, 5.74) is 5.03. The van der Waals surface area contributed by atoms with Crippen molar-refractivity contribution in [2.45, 2.75) is 58.1 Å². The van der Waals surface area contributed by atoms with Crippen LogP contribution in [0.15, 0.2) is 41.3 Å². The molecule has 1 N–H and O–H groups in total. The molecule has 174 valence electrons. The van der Waals surface area contributed by atoms with Gasteiger partial charge in [0.1, 0.15) is 23.9 Å². The van der Waals surface area contributed by atoms with Crippen LogP contribution in [0.2, 0.25) is 0 Å². The minimum Gasteiger partial charge on any atom is -0.487 e. The summed E-state index contributed by atoms with van der Waals surface area (Å²) in [6, 6.07) is 10.1. The lowest BCUT2D eigenvalue weighted by atomic mass is 10.0. The quantitative estimate of drug-likeness (QED) is 0.580. The SMILES string of the molecule is Cc1cc(C)c2cccc(OCc3c(C)ccc(S(=O)(=O)N4CCCC4C(=O)O)c3C)c2n1. The second-order valence-corrected chi connectivity index (χ2v) is 10.5. The molecule has 0 amide bonds. The average molecular weight is 469 g/mol. The number of carboxylic acids is 1. The van der Waals surface area contributed by atoms with Gasteiger partial charge in [-0.05, 0) is 81.0 Å². The molecule has 0 saturated carbocycles. The lowest BCUT2D eigenvalue weighted by Crippen LogP contribution is -2.40. The first-order valence-electron chi connectivity index (χ1n) is 10.9. The van der Waals surface area contributed by atoms with Gasteiger partial charge in [0.25, 0.3) is 0 Å². The van der Waals surface area contributed by atoms with E-state index in [1.807, 2.05) is 45.0 Å². The number of hydrogen-bond donors (Lipinski definition) is 1. The summed E-state index contributed by atoms with van der Waals surface area (Å²) < 4.78 is 34.0. The van der Waals surface area contributed by atoms with Crippen LogP contribution in [-0.2, 0) is 21.4 Å². The second-order valence-electron chi connectivity index (χ2n) is 8.62. The van der Waals surface area contributed by atoms with E-state index in [-0.39, 0.29) is 18.0 Å². The molecular formula is C25H28N2O5S. The van der Waals surface area contributed by atoms with Crippen LogP contribution in [0, 0.1) is 27.7 Å². The summed E-state index contributed by atoms with van der Waals surface area (Å²) in [4.78, 5) is 16.4. The normalized spacial score (nSPS) is 16.9. The summed E-state index contributed by atoms with van der Waals surface area (Å²) in [6.07, 6.45) is 0.854. The Labute approximate surface area is 194 Å². The molecule has 4 rings (SSSR count). The highest BCUT2D eigenvalue weighted by atomic mass is 32.2. The van der Waals surface area contributed by atoms with Crippen LogP contribution in [0.1, 0.15) is 40.8 Å². The fourth-order valence-electron chi connectivity index (χ4n) is 4.60. The largest absolute Gasteiger partial charge is 0.487 e. The number of para-hydroxylation sites is 1. The maximum atomic E-state index is 13.4. The van der Waals surface area contributed by atoms with E-state index >= 15 is 0 Å². The van der Waals surface area contributed by atoms with Crippen molar-refractivity contribution in [2.24, 2.45) is 0 Å². The number of hydrogen-bond acceptors (Lipinski definition) is 5. The number of aryl methyl sites for hydroxylation is 3. The van der Waals surface area contributed by atoms with E-state index in [0.717, 1.165) is 37.6 Å². The van der Waals surface area contributed by atoms with E-state index in [1.54, 1.807) is 19.1 Å². The zero-order valence-electron chi connectivity index (χ0n) is 19.3. The van der Waals surface area contributed by atoms with Crippen LogP contribution in [0.4, 0.5) is 0 Å². The minimum atomic E-state index is -3.95. The maximum Gasteiger partial charge on any atom is 0.322 e. The van der Waals surface area contributed by atoms with Gasteiger partial charge in [0.15, 0.2) is 0 Å². The highest BCUT2D eigenvalue weighted by Crippen LogP contribution is 2.32. The lowest BCUT2D eigenvalue weighted by Gasteiger charge is -2.23. The van der Waals surface area contributed by atoms with Gasteiger partial charge in [0.05, 0.1) is 4.90 Å². The highest BCUT2D eigenvalue weighted by Gasteiger charge is 2.40. The summed E-state index contributed by atoms with van der Waals surface area (Å²) >= 11 is 0. The molecule has 1 saturated heterocycles. The molecule has 2 aromatic carbocycles. The third-order valence-electron chi connectivity index (χ3n) is 6.37.